The fourth-order valence-corrected chi connectivity index (χ4v) is 1.93. The van der Waals surface area contributed by atoms with Crippen LogP contribution in [0.1, 0.15) is 16.8 Å². The fourth-order valence-electron chi connectivity index (χ4n) is 1.93. The molecule has 0 unspecified atom stereocenters. The van der Waals surface area contributed by atoms with Crippen LogP contribution in [0, 0.1) is 0 Å². The number of ether oxygens (including phenoxy) is 1. The van der Waals surface area contributed by atoms with Crippen molar-refractivity contribution < 1.29 is 9.53 Å². The molecule has 106 valence electrons. The lowest BCUT2D eigenvalue weighted by Crippen LogP contribution is -2.38. The second-order valence-electron chi connectivity index (χ2n) is 4.31. The molecular formula is C13H20ClN3O2. The van der Waals surface area contributed by atoms with E-state index in [9.17, 15) is 4.79 Å². The third-order valence-corrected chi connectivity index (χ3v) is 2.96. The highest BCUT2D eigenvalue weighted by molar-refractivity contribution is 5.93. The number of hydrogen-bond acceptors (Lipinski definition) is 4. The minimum absolute atomic E-state index is 0. The highest BCUT2D eigenvalue weighted by atomic mass is 35.5. The third kappa shape index (κ3) is 5.55. The Morgan fingerprint density at radius 3 is 2.89 bits per heavy atom. The predicted octanol–water partition coefficient (Wildman–Crippen LogP) is 0.955. The first-order valence-electron chi connectivity index (χ1n) is 6.34. The molecule has 1 N–H and O–H groups in total. The van der Waals surface area contributed by atoms with Crippen LogP contribution in [0.15, 0.2) is 24.5 Å². The van der Waals surface area contributed by atoms with Gasteiger partial charge < -0.3 is 10.1 Å². The van der Waals surface area contributed by atoms with Gasteiger partial charge in [0.1, 0.15) is 0 Å². The number of carbonyl (C=O) groups excluding carboxylic acids is 1. The van der Waals surface area contributed by atoms with Crippen LogP contribution in [0.5, 0.6) is 0 Å². The summed E-state index contributed by atoms with van der Waals surface area (Å²) in [6, 6.07) is 3.53. The van der Waals surface area contributed by atoms with Crippen molar-refractivity contribution in [2.75, 3.05) is 39.4 Å². The molecule has 1 aromatic heterocycles. The van der Waals surface area contributed by atoms with Crippen LogP contribution in [-0.4, -0.2) is 55.2 Å². The maximum Gasteiger partial charge on any atom is 0.252 e. The quantitative estimate of drug-likeness (QED) is 0.819. The highest BCUT2D eigenvalue weighted by Crippen LogP contribution is 1.98. The minimum atomic E-state index is -0.0509. The van der Waals surface area contributed by atoms with Gasteiger partial charge in [-0.05, 0) is 25.1 Å². The van der Waals surface area contributed by atoms with Gasteiger partial charge in [-0.15, -0.1) is 12.4 Å². The number of hydrogen-bond donors (Lipinski definition) is 1. The van der Waals surface area contributed by atoms with E-state index in [1.54, 1.807) is 24.5 Å². The number of carbonyl (C=O) groups is 1. The summed E-state index contributed by atoms with van der Waals surface area (Å²) in [6.45, 7) is 5.35. The van der Waals surface area contributed by atoms with Crippen LogP contribution in [-0.2, 0) is 4.74 Å². The van der Waals surface area contributed by atoms with E-state index in [2.05, 4.69) is 15.2 Å². The molecule has 0 radical (unpaired) electrons. The van der Waals surface area contributed by atoms with Gasteiger partial charge in [-0.1, -0.05) is 0 Å². The standard InChI is InChI=1S/C13H19N3O2.ClH/c17-13(12-3-1-4-14-11-12)15-5-2-6-16-7-9-18-10-8-16;/h1,3-4,11H,2,5-10H2,(H,15,17);1H. The van der Waals surface area contributed by atoms with E-state index in [0.717, 1.165) is 39.3 Å². The molecule has 0 atom stereocenters. The Labute approximate surface area is 119 Å². The number of morpholine rings is 1. The minimum Gasteiger partial charge on any atom is -0.379 e. The van der Waals surface area contributed by atoms with E-state index in [0.29, 0.717) is 12.1 Å². The first-order valence-corrected chi connectivity index (χ1v) is 6.34. The van der Waals surface area contributed by atoms with Gasteiger partial charge in [0.25, 0.3) is 5.91 Å². The molecule has 1 aliphatic heterocycles. The Kier molecular flexibility index (Phi) is 7.40. The summed E-state index contributed by atoms with van der Waals surface area (Å²) >= 11 is 0. The number of rotatable bonds is 5. The number of pyridine rings is 1. The molecule has 6 heteroatoms. The summed E-state index contributed by atoms with van der Waals surface area (Å²) in [5.41, 5.74) is 0.615. The van der Waals surface area contributed by atoms with Crippen molar-refractivity contribution in [1.82, 2.24) is 15.2 Å². The molecule has 5 nitrogen and oxygen atoms in total. The average Bonchev–Trinajstić information content (AvgIpc) is 2.45. The Balaban J connectivity index is 0.00000180. The second kappa shape index (κ2) is 8.85. The van der Waals surface area contributed by atoms with Crippen molar-refractivity contribution in [2.45, 2.75) is 6.42 Å². The van der Waals surface area contributed by atoms with Gasteiger partial charge >= 0.3 is 0 Å². The summed E-state index contributed by atoms with van der Waals surface area (Å²) in [5, 5.41) is 2.90. The molecule has 0 bridgehead atoms. The van der Waals surface area contributed by atoms with Gasteiger partial charge in [-0.2, -0.15) is 0 Å². The summed E-state index contributed by atoms with van der Waals surface area (Å²) in [5.74, 6) is -0.0509. The zero-order valence-corrected chi connectivity index (χ0v) is 11.7. The zero-order valence-electron chi connectivity index (χ0n) is 10.9. The summed E-state index contributed by atoms with van der Waals surface area (Å²) in [7, 11) is 0. The average molecular weight is 286 g/mol. The number of aromatic nitrogens is 1. The van der Waals surface area contributed by atoms with E-state index in [1.807, 2.05) is 0 Å². The molecule has 0 saturated carbocycles. The number of halogens is 1. The van der Waals surface area contributed by atoms with Gasteiger partial charge in [-0.25, -0.2) is 0 Å². The Bertz CT molecular complexity index is 369. The first-order chi connectivity index (χ1) is 8.86. The molecule has 1 aromatic rings. The van der Waals surface area contributed by atoms with Crippen LogP contribution in [0.4, 0.5) is 0 Å². The largest absolute Gasteiger partial charge is 0.379 e. The van der Waals surface area contributed by atoms with Crippen molar-refractivity contribution in [2.24, 2.45) is 0 Å². The molecule has 1 saturated heterocycles. The maximum absolute atomic E-state index is 11.7. The van der Waals surface area contributed by atoms with Crippen molar-refractivity contribution in [3.63, 3.8) is 0 Å². The Hall–Kier alpha value is -1.17. The molecule has 0 aromatic carbocycles. The third-order valence-electron chi connectivity index (χ3n) is 2.96. The molecule has 1 fully saturated rings. The molecule has 0 aliphatic carbocycles. The number of nitrogens with one attached hydrogen (secondary N) is 1. The van der Waals surface area contributed by atoms with Crippen LogP contribution in [0.25, 0.3) is 0 Å². The number of nitrogens with zero attached hydrogens (tertiary/aromatic N) is 2. The van der Waals surface area contributed by atoms with Crippen LogP contribution in [0.2, 0.25) is 0 Å². The lowest BCUT2D eigenvalue weighted by atomic mass is 10.2. The topological polar surface area (TPSA) is 54.5 Å². The van der Waals surface area contributed by atoms with Crippen LogP contribution in [0.3, 0.4) is 0 Å². The molecule has 2 rings (SSSR count). The Morgan fingerprint density at radius 2 is 2.21 bits per heavy atom. The van der Waals surface area contributed by atoms with Crippen molar-refractivity contribution in [3.05, 3.63) is 30.1 Å². The van der Waals surface area contributed by atoms with Crippen LogP contribution < -0.4 is 5.32 Å². The first kappa shape index (κ1) is 15.9. The number of amides is 1. The predicted molar refractivity (Wildman–Crippen MR) is 75.7 cm³/mol. The van der Waals surface area contributed by atoms with E-state index in [-0.39, 0.29) is 18.3 Å². The summed E-state index contributed by atoms with van der Waals surface area (Å²) in [6.07, 6.45) is 4.21. The van der Waals surface area contributed by atoms with Crippen LogP contribution >= 0.6 is 12.4 Å². The highest BCUT2D eigenvalue weighted by Gasteiger charge is 2.09. The zero-order chi connectivity index (χ0) is 12.6. The van der Waals surface area contributed by atoms with E-state index in [4.69, 9.17) is 4.74 Å². The van der Waals surface area contributed by atoms with E-state index in [1.165, 1.54) is 0 Å². The normalized spacial score (nSPS) is 15.6. The smallest absolute Gasteiger partial charge is 0.252 e. The molecule has 1 aliphatic rings. The second-order valence-corrected chi connectivity index (χ2v) is 4.31. The molecule has 1 amide bonds. The molecule has 2 heterocycles. The molecule has 0 spiro atoms. The molecular weight excluding hydrogens is 266 g/mol. The fraction of sp³-hybridized carbons (Fsp3) is 0.538. The summed E-state index contributed by atoms with van der Waals surface area (Å²) < 4.78 is 5.28. The van der Waals surface area contributed by atoms with Gasteiger partial charge in [0.2, 0.25) is 0 Å². The van der Waals surface area contributed by atoms with Gasteiger partial charge in [0.15, 0.2) is 0 Å². The van der Waals surface area contributed by atoms with E-state index < -0.39 is 0 Å². The van der Waals surface area contributed by atoms with Gasteiger partial charge in [-0.3, -0.25) is 14.7 Å². The van der Waals surface area contributed by atoms with Crippen molar-refractivity contribution >= 4 is 18.3 Å². The maximum atomic E-state index is 11.7. The lowest BCUT2D eigenvalue weighted by Gasteiger charge is -2.26. The molecule has 19 heavy (non-hydrogen) atoms. The van der Waals surface area contributed by atoms with Crippen molar-refractivity contribution in [1.29, 1.82) is 0 Å². The van der Waals surface area contributed by atoms with Gasteiger partial charge in [0, 0.05) is 32.0 Å². The monoisotopic (exact) mass is 285 g/mol. The van der Waals surface area contributed by atoms with Crippen molar-refractivity contribution in [3.8, 4) is 0 Å². The SMILES string of the molecule is Cl.O=C(NCCCN1CCOCC1)c1cccnc1. The van der Waals surface area contributed by atoms with E-state index >= 15 is 0 Å². The lowest BCUT2D eigenvalue weighted by molar-refractivity contribution is 0.0374. The van der Waals surface area contributed by atoms with Gasteiger partial charge in [0.05, 0.1) is 18.8 Å². The Morgan fingerprint density at radius 1 is 1.42 bits per heavy atom. The summed E-state index contributed by atoms with van der Waals surface area (Å²) in [4.78, 5) is 18.0.